The van der Waals surface area contributed by atoms with Crippen molar-refractivity contribution in [1.29, 1.82) is 0 Å². The minimum Gasteiger partial charge on any atom is -0.304 e. The van der Waals surface area contributed by atoms with Gasteiger partial charge in [0.1, 0.15) is 11.6 Å². The second-order valence-corrected chi connectivity index (χ2v) is 7.39. The van der Waals surface area contributed by atoms with E-state index in [0.717, 1.165) is 52.1 Å². The normalized spacial score (nSPS) is 23.5. The third-order valence-electron chi connectivity index (χ3n) is 5.87. The molecule has 1 aromatic rings. The van der Waals surface area contributed by atoms with Gasteiger partial charge in [0.15, 0.2) is 0 Å². The highest BCUT2D eigenvalue weighted by molar-refractivity contribution is 5.19. The zero-order chi connectivity index (χ0) is 17.1. The molecule has 2 fully saturated rings. The van der Waals surface area contributed by atoms with Crippen molar-refractivity contribution in [1.82, 2.24) is 14.7 Å². The van der Waals surface area contributed by atoms with Gasteiger partial charge in [-0.2, -0.15) is 0 Å². The number of likely N-dealkylation sites (tertiary alicyclic amines) is 1. The van der Waals surface area contributed by atoms with Gasteiger partial charge in [0, 0.05) is 44.3 Å². The first-order chi connectivity index (χ1) is 11.5. The number of nitrogens with zero attached hydrogens (tertiary/aromatic N) is 3. The number of piperidine rings is 1. The van der Waals surface area contributed by atoms with Gasteiger partial charge in [-0.1, -0.05) is 6.07 Å². The van der Waals surface area contributed by atoms with E-state index in [2.05, 4.69) is 28.7 Å². The topological polar surface area (TPSA) is 9.72 Å². The lowest BCUT2D eigenvalue weighted by Gasteiger charge is -2.42. The molecule has 1 aromatic carbocycles. The lowest BCUT2D eigenvalue weighted by Crippen LogP contribution is -2.51. The van der Waals surface area contributed by atoms with Crippen LogP contribution in [0.3, 0.4) is 0 Å². The van der Waals surface area contributed by atoms with Crippen molar-refractivity contribution in [3.63, 3.8) is 0 Å². The molecular formula is C19H29F2N3. The zero-order valence-corrected chi connectivity index (χ0v) is 14.8. The van der Waals surface area contributed by atoms with E-state index in [9.17, 15) is 8.78 Å². The standard InChI is InChI=1S/C19H29F2N3/c1-15(24-12-10-22(2)11-13-24)16-6-8-23(9-7-16)14-17-18(20)4-3-5-19(17)21/h3-5,15-16H,6-14H2,1-2H3/t15-/m1/s1. The molecular weight excluding hydrogens is 308 g/mol. The highest BCUT2D eigenvalue weighted by Crippen LogP contribution is 2.26. The van der Waals surface area contributed by atoms with Crippen LogP contribution in [-0.4, -0.2) is 67.1 Å². The third kappa shape index (κ3) is 4.13. The Morgan fingerprint density at radius 3 is 2.17 bits per heavy atom. The fourth-order valence-corrected chi connectivity index (χ4v) is 4.03. The van der Waals surface area contributed by atoms with Gasteiger partial charge in [0.25, 0.3) is 0 Å². The quantitative estimate of drug-likeness (QED) is 0.836. The number of hydrogen-bond donors (Lipinski definition) is 0. The van der Waals surface area contributed by atoms with E-state index in [1.165, 1.54) is 18.2 Å². The summed E-state index contributed by atoms with van der Waals surface area (Å²) in [7, 11) is 2.18. The van der Waals surface area contributed by atoms with Gasteiger partial charge in [0.05, 0.1) is 0 Å². The second-order valence-electron chi connectivity index (χ2n) is 7.39. The summed E-state index contributed by atoms with van der Waals surface area (Å²) in [4.78, 5) is 7.18. The highest BCUT2D eigenvalue weighted by Gasteiger charge is 2.29. The largest absolute Gasteiger partial charge is 0.304 e. The first-order valence-corrected chi connectivity index (χ1v) is 9.12. The molecule has 0 amide bonds. The van der Waals surface area contributed by atoms with Crippen LogP contribution >= 0.6 is 0 Å². The van der Waals surface area contributed by atoms with Crippen LogP contribution in [0.25, 0.3) is 0 Å². The molecule has 0 aliphatic carbocycles. The van der Waals surface area contributed by atoms with Crippen molar-refractivity contribution in [3.8, 4) is 0 Å². The van der Waals surface area contributed by atoms with Crippen LogP contribution < -0.4 is 0 Å². The minimum atomic E-state index is -0.428. The summed E-state index contributed by atoms with van der Waals surface area (Å²) in [5, 5.41) is 0. The van der Waals surface area contributed by atoms with E-state index in [0.29, 0.717) is 18.5 Å². The van der Waals surface area contributed by atoms with Crippen molar-refractivity contribution in [3.05, 3.63) is 35.4 Å². The summed E-state index contributed by atoms with van der Waals surface area (Å²) in [6, 6.07) is 4.73. The monoisotopic (exact) mass is 337 g/mol. The van der Waals surface area contributed by atoms with Gasteiger partial charge in [-0.25, -0.2) is 8.78 Å². The molecule has 134 valence electrons. The third-order valence-corrected chi connectivity index (χ3v) is 5.87. The lowest BCUT2D eigenvalue weighted by molar-refractivity contribution is 0.0594. The molecule has 0 aromatic heterocycles. The number of likely N-dealkylation sites (N-methyl/N-ethyl adjacent to an activating group) is 1. The molecule has 0 unspecified atom stereocenters. The Hall–Kier alpha value is -1.04. The summed E-state index contributed by atoms with van der Waals surface area (Å²) in [5.41, 5.74) is 0.211. The number of halogens is 2. The molecule has 3 rings (SSSR count). The molecule has 5 heteroatoms. The van der Waals surface area contributed by atoms with Gasteiger partial charge in [-0.05, 0) is 58.0 Å². The summed E-state index contributed by atoms with van der Waals surface area (Å²) in [6.07, 6.45) is 2.23. The highest BCUT2D eigenvalue weighted by atomic mass is 19.1. The predicted molar refractivity (Wildman–Crippen MR) is 92.9 cm³/mol. The van der Waals surface area contributed by atoms with E-state index in [1.54, 1.807) is 0 Å². The van der Waals surface area contributed by atoms with E-state index in [4.69, 9.17) is 0 Å². The first kappa shape index (κ1) is 17.8. The molecule has 0 saturated carbocycles. The Morgan fingerprint density at radius 2 is 1.58 bits per heavy atom. The molecule has 2 saturated heterocycles. The smallest absolute Gasteiger partial charge is 0.130 e. The maximum atomic E-state index is 13.8. The van der Waals surface area contributed by atoms with Crippen molar-refractivity contribution in [2.75, 3.05) is 46.3 Å². The van der Waals surface area contributed by atoms with Crippen LogP contribution in [0.5, 0.6) is 0 Å². The average Bonchev–Trinajstić information content (AvgIpc) is 2.59. The second kappa shape index (κ2) is 7.89. The molecule has 2 heterocycles. The first-order valence-electron chi connectivity index (χ1n) is 9.12. The van der Waals surface area contributed by atoms with Gasteiger partial charge in [-0.15, -0.1) is 0 Å². The van der Waals surface area contributed by atoms with E-state index in [-0.39, 0.29) is 5.56 Å². The number of rotatable bonds is 4. The lowest BCUT2D eigenvalue weighted by atomic mass is 9.89. The Labute approximate surface area is 144 Å². The molecule has 0 bridgehead atoms. The van der Waals surface area contributed by atoms with Crippen molar-refractivity contribution in [2.45, 2.75) is 32.4 Å². The maximum Gasteiger partial charge on any atom is 0.130 e. The van der Waals surface area contributed by atoms with Crippen LogP contribution in [0.15, 0.2) is 18.2 Å². The number of hydrogen-bond acceptors (Lipinski definition) is 3. The van der Waals surface area contributed by atoms with Crippen LogP contribution in [0.1, 0.15) is 25.3 Å². The van der Waals surface area contributed by atoms with Gasteiger partial charge in [0.2, 0.25) is 0 Å². The summed E-state index contributed by atoms with van der Waals surface area (Å²) >= 11 is 0. The average molecular weight is 337 g/mol. The molecule has 1 atom stereocenters. The van der Waals surface area contributed by atoms with Crippen LogP contribution in [-0.2, 0) is 6.54 Å². The molecule has 3 nitrogen and oxygen atoms in total. The van der Waals surface area contributed by atoms with Crippen molar-refractivity contribution >= 4 is 0 Å². The molecule has 0 N–H and O–H groups in total. The zero-order valence-electron chi connectivity index (χ0n) is 14.8. The van der Waals surface area contributed by atoms with Crippen LogP contribution in [0, 0.1) is 17.6 Å². The SMILES string of the molecule is C[C@H](C1CCN(Cc2c(F)cccc2F)CC1)N1CCN(C)CC1. The summed E-state index contributed by atoms with van der Waals surface area (Å²) < 4.78 is 27.6. The van der Waals surface area contributed by atoms with Gasteiger partial charge < -0.3 is 4.90 Å². The van der Waals surface area contributed by atoms with E-state index < -0.39 is 11.6 Å². The Kier molecular flexibility index (Phi) is 5.85. The van der Waals surface area contributed by atoms with E-state index >= 15 is 0 Å². The Morgan fingerprint density at radius 1 is 1.00 bits per heavy atom. The number of piperazine rings is 1. The fourth-order valence-electron chi connectivity index (χ4n) is 4.03. The molecule has 0 radical (unpaired) electrons. The maximum absolute atomic E-state index is 13.8. The minimum absolute atomic E-state index is 0.211. The van der Waals surface area contributed by atoms with Crippen LogP contribution in [0.4, 0.5) is 8.78 Å². The Balaban J connectivity index is 1.50. The van der Waals surface area contributed by atoms with Gasteiger partial charge >= 0.3 is 0 Å². The van der Waals surface area contributed by atoms with Crippen molar-refractivity contribution < 1.29 is 8.78 Å². The summed E-state index contributed by atoms with van der Waals surface area (Å²) in [6.45, 7) is 9.19. The Bertz CT molecular complexity index is 515. The fraction of sp³-hybridized carbons (Fsp3) is 0.684. The van der Waals surface area contributed by atoms with Crippen molar-refractivity contribution in [2.24, 2.45) is 5.92 Å². The number of benzene rings is 1. The van der Waals surface area contributed by atoms with E-state index in [1.807, 2.05) is 0 Å². The molecule has 0 spiro atoms. The predicted octanol–water partition coefficient (Wildman–Crippen LogP) is 2.81. The summed E-state index contributed by atoms with van der Waals surface area (Å²) in [5.74, 6) is -0.166. The van der Waals surface area contributed by atoms with Crippen LogP contribution in [0.2, 0.25) is 0 Å². The molecule has 2 aliphatic heterocycles. The van der Waals surface area contributed by atoms with Gasteiger partial charge in [-0.3, -0.25) is 9.80 Å². The molecule has 24 heavy (non-hydrogen) atoms. The molecule has 2 aliphatic rings.